The monoisotopic (exact) mass is 300 g/mol. The van der Waals surface area contributed by atoms with Gasteiger partial charge in [0.2, 0.25) is 11.6 Å². The van der Waals surface area contributed by atoms with Gasteiger partial charge >= 0.3 is 5.97 Å². The number of carbonyl (C=O) groups is 2. The number of fused-ring (bicyclic) bond motifs is 3. The number of amides is 1. The number of aromatic amines is 1. The Hall–Kier alpha value is -3.16. The fraction of sp³-hybridized carbons (Fsp3) is 0.143. The highest BCUT2D eigenvalue weighted by molar-refractivity contribution is 5.93. The van der Waals surface area contributed by atoms with Crippen LogP contribution in [-0.4, -0.2) is 31.4 Å². The first-order valence-electron chi connectivity index (χ1n) is 6.44. The van der Waals surface area contributed by atoms with E-state index in [4.69, 9.17) is 5.11 Å². The van der Waals surface area contributed by atoms with Gasteiger partial charge in [-0.15, -0.1) is 0 Å². The Morgan fingerprint density at radius 1 is 1.36 bits per heavy atom. The molecule has 0 unspecified atom stereocenters. The summed E-state index contributed by atoms with van der Waals surface area (Å²) in [4.78, 5) is 40.9. The van der Waals surface area contributed by atoms with E-state index in [0.29, 0.717) is 22.4 Å². The third kappa shape index (κ3) is 2.01. The lowest BCUT2D eigenvalue weighted by atomic mass is 10.2. The Morgan fingerprint density at radius 3 is 2.73 bits per heavy atom. The van der Waals surface area contributed by atoms with Gasteiger partial charge in [-0.05, 0) is 25.1 Å². The second-order valence-electron chi connectivity index (χ2n) is 4.88. The Bertz CT molecular complexity index is 999. The van der Waals surface area contributed by atoms with Crippen molar-refractivity contribution < 1.29 is 14.7 Å². The molecule has 0 fully saturated rings. The van der Waals surface area contributed by atoms with Crippen molar-refractivity contribution in [2.45, 2.75) is 13.8 Å². The zero-order valence-electron chi connectivity index (χ0n) is 11.8. The average Bonchev–Trinajstić information content (AvgIpc) is 2.77. The zero-order valence-corrected chi connectivity index (χ0v) is 11.8. The van der Waals surface area contributed by atoms with E-state index in [1.807, 2.05) is 0 Å². The fourth-order valence-electron chi connectivity index (χ4n) is 2.44. The van der Waals surface area contributed by atoms with Crippen molar-refractivity contribution >= 4 is 34.2 Å². The maximum Gasteiger partial charge on any atom is 0.356 e. The van der Waals surface area contributed by atoms with E-state index in [1.165, 1.54) is 11.3 Å². The van der Waals surface area contributed by atoms with Crippen LogP contribution in [0.2, 0.25) is 0 Å². The number of carbonyl (C=O) groups excluding carboxylic acids is 1. The molecule has 22 heavy (non-hydrogen) atoms. The topological polar surface area (TPSA) is 117 Å². The van der Waals surface area contributed by atoms with E-state index in [0.717, 1.165) is 0 Å². The summed E-state index contributed by atoms with van der Waals surface area (Å²) in [5.41, 5.74) is 1.33. The number of benzene rings is 1. The minimum absolute atomic E-state index is 0.0228. The van der Waals surface area contributed by atoms with Gasteiger partial charge in [0.05, 0.1) is 16.7 Å². The maximum absolute atomic E-state index is 12.1. The summed E-state index contributed by atoms with van der Waals surface area (Å²) in [5.74, 6) is -1.42. The van der Waals surface area contributed by atoms with Gasteiger partial charge in [0.15, 0.2) is 5.69 Å². The summed E-state index contributed by atoms with van der Waals surface area (Å²) in [7, 11) is 0. The molecule has 0 aliphatic rings. The van der Waals surface area contributed by atoms with Gasteiger partial charge in [0, 0.05) is 12.6 Å². The number of anilines is 1. The van der Waals surface area contributed by atoms with E-state index in [-0.39, 0.29) is 17.2 Å². The highest BCUT2D eigenvalue weighted by Crippen LogP contribution is 2.20. The average molecular weight is 300 g/mol. The number of imidazole rings is 1. The summed E-state index contributed by atoms with van der Waals surface area (Å²) in [6, 6.07) is 4.96. The number of carboxylic acid groups (broad SMARTS) is 1. The summed E-state index contributed by atoms with van der Waals surface area (Å²) in [5, 5.41) is 11.8. The number of carboxylic acids is 1. The molecule has 8 nitrogen and oxygen atoms in total. The lowest BCUT2D eigenvalue weighted by molar-refractivity contribution is -0.114. The molecular formula is C14H12N4O4. The van der Waals surface area contributed by atoms with Crippen molar-refractivity contribution in [3.63, 3.8) is 0 Å². The van der Waals surface area contributed by atoms with Crippen molar-refractivity contribution in [2.75, 3.05) is 5.32 Å². The van der Waals surface area contributed by atoms with Crippen LogP contribution >= 0.6 is 0 Å². The van der Waals surface area contributed by atoms with Gasteiger partial charge in [-0.2, -0.15) is 0 Å². The Kier molecular flexibility index (Phi) is 2.94. The third-order valence-corrected chi connectivity index (χ3v) is 3.32. The number of H-pyrrole nitrogens is 1. The molecule has 3 aromatic rings. The molecule has 1 aromatic carbocycles. The molecule has 0 radical (unpaired) electrons. The number of nitrogens with one attached hydrogen (secondary N) is 2. The minimum atomic E-state index is -1.19. The Morgan fingerprint density at radius 2 is 2.09 bits per heavy atom. The number of hydrogen-bond acceptors (Lipinski definition) is 4. The van der Waals surface area contributed by atoms with Crippen LogP contribution in [0.4, 0.5) is 5.69 Å². The number of hydrogen-bond donors (Lipinski definition) is 3. The first-order chi connectivity index (χ1) is 10.4. The normalized spacial score (nSPS) is 11.0. The van der Waals surface area contributed by atoms with Crippen LogP contribution < -0.4 is 10.9 Å². The molecule has 0 atom stereocenters. The van der Waals surface area contributed by atoms with Crippen molar-refractivity contribution in [3.8, 4) is 0 Å². The maximum atomic E-state index is 12.1. The number of rotatable bonds is 2. The van der Waals surface area contributed by atoms with E-state index < -0.39 is 11.5 Å². The van der Waals surface area contributed by atoms with Crippen LogP contribution in [0, 0.1) is 6.92 Å². The fourth-order valence-corrected chi connectivity index (χ4v) is 2.44. The van der Waals surface area contributed by atoms with Gasteiger partial charge in [-0.25, -0.2) is 9.78 Å². The van der Waals surface area contributed by atoms with Crippen molar-refractivity contribution in [3.05, 3.63) is 39.9 Å². The molecule has 2 heterocycles. The van der Waals surface area contributed by atoms with Crippen LogP contribution in [0.3, 0.4) is 0 Å². The van der Waals surface area contributed by atoms with Crippen LogP contribution in [0.5, 0.6) is 0 Å². The minimum Gasteiger partial charge on any atom is -0.476 e. The first-order valence-corrected chi connectivity index (χ1v) is 6.44. The SMILES string of the molecule is CC(=O)Nc1ccc2c(c1)[nH]c(=O)c1nc(C(=O)O)c(C)n12. The Balaban J connectivity index is 2.38. The van der Waals surface area contributed by atoms with Gasteiger partial charge in [0.1, 0.15) is 0 Å². The molecule has 0 aliphatic carbocycles. The lowest BCUT2D eigenvalue weighted by Gasteiger charge is -2.07. The summed E-state index contributed by atoms with van der Waals surface area (Å²) >= 11 is 0. The third-order valence-electron chi connectivity index (χ3n) is 3.32. The molecule has 112 valence electrons. The van der Waals surface area contributed by atoms with Crippen molar-refractivity contribution in [1.29, 1.82) is 0 Å². The van der Waals surface area contributed by atoms with Gasteiger partial charge in [-0.3, -0.25) is 14.0 Å². The summed E-state index contributed by atoms with van der Waals surface area (Å²) < 4.78 is 1.50. The number of aryl methyl sites for hydroxylation is 1. The standard InChI is InChI=1S/C14H12N4O4/c1-6-11(14(21)22)17-12-13(20)16-9-5-8(15-7(2)19)3-4-10(9)18(6)12/h3-5H,1-2H3,(H,15,19)(H,16,20)(H,21,22). The molecule has 3 rings (SSSR count). The van der Waals surface area contributed by atoms with Crippen molar-refractivity contribution in [1.82, 2.24) is 14.4 Å². The molecule has 2 aromatic heterocycles. The quantitative estimate of drug-likeness (QED) is 0.656. The molecule has 0 saturated heterocycles. The molecular weight excluding hydrogens is 288 g/mol. The van der Waals surface area contributed by atoms with Crippen LogP contribution in [-0.2, 0) is 4.79 Å². The van der Waals surface area contributed by atoms with E-state index >= 15 is 0 Å². The number of aromatic carboxylic acids is 1. The summed E-state index contributed by atoms with van der Waals surface area (Å²) in [6.07, 6.45) is 0. The molecule has 0 bridgehead atoms. The number of aromatic nitrogens is 3. The molecule has 0 spiro atoms. The number of nitrogens with zero attached hydrogens (tertiary/aromatic N) is 2. The molecule has 0 aliphatic heterocycles. The molecule has 0 saturated carbocycles. The van der Waals surface area contributed by atoms with Crippen molar-refractivity contribution in [2.24, 2.45) is 0 Å². The lowest BCUT2D eigenvalue weighted by Crippen LogP contribution is -2.12. The predicted molar refractivity (Wildman–Crippen MR) is 79.3 cm³/mol. The van der Waals surface area contributed by atoms with E-state index in [9.17, 15) is 14.4 Å². The van der Waals surface area contributed by atoms with Gasteiger partial charge < -0.3 is 15.4 Å². The highest BCUT2D eigenvalue weighted by Gasteiger charge is 2.18. The van der Waals surface area contributed by atoms with Gasteiger partial charge in [0.25, 0.3) is 5.56 Å². The molecule has 8 heteroatoms. The van der Waals surface area contributed by atoms with E-state index in [1.54, 1.807) is 25.1 Å². The van der Waals surface area contributed by atoms with E-state index in [2.05, 4.69) is 15.3 Å². The molecule has 1 amide bonds. The van der Waals surface area contributed by atoms with Gasteiger partial charge in [-0.1, -0.05) is 0 Å². The smallest absolute Gasteiger partial charge is 0.356 e. The van der Waals surface area contributed by atoms with Crippen LogP contribution in [0.25, 0.3) is 16.7 Å². The largest absolute Gasteiger partial charge is 0.476 e. The predicted octanol–water partition coefficient (Wildman–Crippen LogP) is 1.14. The zero-order chi connectivity index (χ0) is 16.0. The summed E-state index contributed by atoms with van der Waals surface area (Å²) in [6.45, 7) is 2.97. The van der Waals surface area contributed by atoms with Crippen LogP contribution in [0.15, 0.2) is 23.0 Å². The molecule has 3 N–H and O–H groups in total. The second-order valence-corrected chi connectivity index (χ2v) is 4.88. The van der Waals surface area contributed by atoms with Crippen LogP contribution in [0.1, 0.15) is 23.1 Å². The Labute approximate surface area is 123 Å². The first kappa shape index (κ1) is 13.8. The second kappa shape index (κ2) is 4.69. The highest BCUT2D eigenvalue weighted by atomic mass is 16.4.